The summed E-state index contributed by atoms with van der Waals surface area (Å²) in [5.41, 5.74) is -0.126. The Labute approximate surface area is 116 Å². The highest BCUT2D eigenvalue weighted by Gasteiger charge is 2.45. The zero-order valence-corrected chi connectivity index (χ0v) is 12.9. The number of amides is 2. The van der Waals surface area contributed by atoms with Gasteiger partial charge in [-0.25, -0.2) is 4.79 Å². The van der Waals surface area contributed by atoms with Gasteiger partial charge in [-0.2, -0.15) is 0 Å². The molecule has 2 unspecified atom stereocenters. The second-order valence-corrected chi connectivity index (χ2v) is 6.73. The molecule has 0 aromatic rings. The third-order valence-electron chi connectivity index (χ3n) is 4.71. The molecule has 0 saturated carbocycles. The minimum absolute atomic E-state index is 0.126. The summed E-state index contributed by atoms with van der Waals surface area (Å²) in [7, 11) is 6.07. The van der Waals surface area contributed by atoms with E-state index < -0.39 is 0 Å². The highest BCUT2D eigenvalue weighted by atomic mass is 16.2. The second kappa shape index (κ2) is 5.29. The van der Waals surface area contributed by atoms with E-state index in [1.165, 1.54) is 6.42 Å². The van der Waals surface area contributed by atoms with Gasteiger partial charge in [-0.15, -0.1) is 0 Å². The van der Waals surface area contributed by atoms with Crippen LogP contribution < -0.4 is 5.32 Å². The summed E-state index contributed by atoms with van der Waals surface area (Å²) in [5, 5.41) is 3.19. The maximum Gasteiger partial charge on any atom is 0.320 e. The molecule has 2 rings (SSSR count). The van der Waals surface area contributed by atoms with Gasteiger partial charge < -0.3 is 20.0 Å². The topological polar surface area (TPSA) is 38.8 Å². The van der Waals surface area contributed by atoms with Crippen molar-refractivity contribution in [2.24, 2.45) is 5.92 Å². The van der Waals surface area contributed by atoms with Gasteiger partial charge in [0.05, 0.1) is 11.6 Å². The van der Waals surface area contributed by atoms with Crippen LogP contribution in [0.3, 0.4) is 0 Å². The molecule has 2 aliphatic heterocycles. The van der Waals surface area contributed by atoms with Crippen LogP contribution in [0.15, 0.2) is 0 Å². The third kappa shape index (κ3) is 2.72. The normalized spacial score (nSPS) is 29.6. The minimum atomic E-state index is -0.126. The first-order chi connectivity index (χ1) is 8.86. The lowest BCUT2D eigenvalue weighted by molar-refractivity contribution is 0.149. The van der Waals surface area contributed by atoms with Crippen molar-refractivity contribution in [2.45, 2.75) is 31.8 Å². The summed E-state index contributed by atoms with van der Waals surface area (Å²) in [5.74, 6) is 0.620. The molecule has 19 heavy (non-hydrogen) atoms. The molecule has 5 heteroatoms. The van der Waals surface area contributed by atoms with Gasteiger partial charge >= 0.3 is 6.03 Å². The fourth-order valence-corrected chi connectivity index (χ4v) is 3.50. The van der Waals surface area contributed by atoms with Crippen LogP contribution >= 0.6 is 0 Å². The summed E-state index contributed by atoms with van der Waals surface area (Å²) in [6.07, 6.45) is 1.21. The Bertz CT molecular complexity index is 344. The van der Waals surface area contributed by atoms with Crippen LogP contribution in [-0.2, 0) is 0 Å². The first-order valence-corrected chi connectivity index (χ1v) is 7.24. The van der Waals surface area contributed by atoms with Gasteiger partial charge in [0.2, 0.25) is 0 Å². The molecule has 2 heterocycles. The zero-order valence-electron chi connectivity index (χ0n) is 12.9. The Morgan fingerprint density at radius 2 is 2.00 bits per heavy atom. The summed E-state index contributed by atoms with van der Waals surface area (Å²) in [6, 6.07) is 0.549. The fraction of sp³-hybridized carbons (Fsp3) is 0.929. The van der Waals surface area contributed by atoms with Crippen molar-refractivity contribution in [3.63, 3.8) is 0 Å². The van der Waals surface area contributed by atoms with Crippen LogP contribution in [0.1, 0.15) is 20.3 Å². The molecule has 0 radical (unpaired) electrons. The lowest BCUT2D eigenvalue weighted by Crippen LogP contribution is -2.51. The molecule has 0 aromatic heterocycles. The first-order valence-electron chi connectivity index (χ1n) is 7.24. The molecule has 2 aliphatic rings. The number of hydrogen-bond donors (Lipinski definition) is 1. The van der Waals surface area contributed by atoms with Gasteiger partial charge in [0.1, 0.15) is 0 Å². The molecule has 0 aliphatic carbocycles. The predicted octanol–water partition coefficient (Wildman–Crippen LogP) is 0.672. The van der Waals surface area contributed by atoms with Crippen molar-refractivity contribution >= 4 is 6.03 Å². The molecule has 2 atom stereocenters. The van der Waals surface area contributed by atoms with Crippen molar-refractivity contribution < 1.29 is 4.79 Å². The van der Waals surface area contributed by atoms with Crippen LogP contribution in [-0.4, -0.2) is 79.6 Å². The Morgan fingerprint density at radius 1 is 1.32 bits per heavy atom. The van der Waals surface area contributed by atoms with Gasteiger partial charge in [-0.05, 0) is 46.8 Å². The number of nitrogens with zero attached hydrogens (tertiary/aromatic N) is 3. The van der Waals surface area contributed by atoms with Crippen LogP contribution in [0.5, 0.6) is 0 Å². The number of likely N-dealkylation sites (tertiary alicyclic amines) is 1. The minimum Gasteiger partial charge on any atom is -0.323 e. The monoisotopic (exact) mass is 268 g/mol. The Morgan fingerprint density at radius 3 is 2.53 bits per heavy atom. The average molecular weight is 268 g/mol. The van der Waals surface area contributed by atoms with Crippen LogP contribution in [0.25, 0.3) is 0 Å². The lowest BCUT2D eigenvalue weighted by Gasteiger charge is -2.35. The van der Waals surface area contributed by atoms with E-state index in [2.05, 4.69) is 31.1 Å². The molecular weight excluding hydrogens is 240 g/mol. The van der Waals surface area contributed by atoms with E-state index in [-0.39, 0.29) is 11.6 Å². The first kappa shape index (κ1) is 14.6. The number of hydrogen-bond acceptors (Lipinski definition) is 3. The highest BCUT2D eigenvalue weighted by Crippen LogP contribution is 2.30. The molecular formula is C14H28N4O. The molecule has 110 valence electrons. The summed E-state index contributed by atoms with van der Waals surface area (Å²) in [6.45, 7) is 8.23. The third-order valence-corrected chi connectivity index (χ3v) is 4.71. The Hall–Kier alpha value is -0.810. The van der Waals surface area contributed by atoms with E-state index in [0.717, 1.165) is 26.2 Å². The van der Waals surface area contributed by atoms with Gasteiger partial charge in [0, 0.05) is 26.7 Å². The smallest absolute Gasteiger partial charge is 0.320 e. The van der Waals surface area contributed by atoms with Crippen LogP contribution in [0.4, 0.5) is 4.79 Å². The van der Waals surface area contributed by atoms with Gasteiger partial charge in [0.25, 0.3) is 0 Å². The number of carbonyl (C=O) groups excluding carboxylic acids is 1. The van der Waals surface area contributed by atoms with Crippen molar-refractivity contribution in [2.75, 3.05) is 47.3 Å². The van der Waals surface area contributed by atoms with E-state index >= 15 is 0 Å². The molecule has 0 bridgehead atoms. The number of urea groups is 1. The maximum absolute atomic E-state index is 12.5. The number of nitrogens with one attached hydrogen (secondary N) is 1. The van der Waals surface area contributed by atoms with E-state index in [9.17, 15) is 4.79 Å². The van der Waals surface area contributed by atoms with Crippen molar-refractivity contribution in [3.8, 4) is 0 Å². The molecule has 5 nitrogen and oxygen atoms in total. The van der Waals surface area contributed by atoms with Crippen molar-refractivity contribution in [3.05, 3.63) is 0 Å². The van der Waals surface area contributed by atoms with E-state index in [4.69, 9.17) is 0 Å². The summed E-state index contributed by atoms with van der Waals surface area (Å²) < 4.78 is 0. The molecule has 1 N–H and O–H groups in total. The molecule has 2 saturated heterocycles. The number of carbonyl (C=O) groups is 1. The lowest BCUT2D eigenvalue weighted by atomic mass is 9.97. The number of rotatable bonds is 4. The van der Waals surface area contributed by atoms with Crippen LogP contribution in [0, 0.1) is 5.92 Å². The van der Waals surface area contributed by atoms with Crippen LogP contribution in [0.2, 0.25) is 0 Å². The summed E-state index contributed by atoms with van der Waals surface area (Å²) in [4.78, 5) is 18.8. The van der Waals surface area contributed by atoms with Gasteiger partial charge in [0.15, 0.2) is 0 Å². The summed E-state index contributed by atoms with van der Waals surface area (Å²) >= 11 is 0. The Kier molecular flexibility index (Phi) is 4.06. The SMILES string of the molecule is CNCC(C)(C)N1CC(C2CCN(C)C2)N(C)C1=O. The van der Waals surface area contributed by atoms with E-state index in [1.54, 1.807) is 0 Å². The van der Waals surface area contributed by atoms with E-state index in [0.29, 0.717) is 12.0 Å². The average Bonchev–Trinajstić information content (AvgIpc) is 2.86. The molecule has 0 aromatic carbocycles. The quantitative estimate of drug-likeness (QED) is 0.814. The number of likely N-dealkylation sites (N-methyl/N-ethyl adjacent to an activating group) is 2. The maximum atomic E-state index is 12.5. The Balaban J connectivity index is 2.08. The zero-order chi connectivity index (χ0) is 14.2. The van der Waals surface area contributed by atoms with Gasteiger partial charge in [-0.1, -0.05) is 0 Å². The van der Waals surface area contributed by atoms with Gasteiger partial charge in [-0.3, -0.25) is 0 Å². The fourth-order valence-electron chi connectivity index (χ4n) is 3.50. The molecule has 0 spiro atoms. The highest BCUT2D eigenvalue weighted by molar-refractivity contribution is 5.77. The van der Waals surface area contributed by atoms with Crippen molar-refractivity contribution in [1.82, 2.24) is 20.0 Å². The van der Waals surface area contributed by atoms with Crippen molar-refractivity contribution in [1.29, 1.82) is 0 Å². The standard InChI is InChI=1S/C14H28N4O/c1-14(2,10-15-3)18-9-12(17(5)13(18)19)11-6-7-16(4)8-11/h11-12,15H,6-10H2,1-5H3. The predicted molar refractivity (Wildman–Crippen MR) is 77.3 cm³/mol. The molecule has 2 fully saturated rings. The molecule has 2 amide bonds. The van der Waals surface area contributed by atoms with E-state index in [1.807, 2.05) is 23.9 Å². The largest absolute Gasteiger partial charge is 0.323 e. The second-order valence-electron chi connectivity index (χ2n) is 6.73.